The number of pyridine rings is 1. The van der Waals surface area contributed by atoms with Gasteiger partial charge in [-0.3, -0.25) is 9.78 Å². The summed E-state index contributed by atoms with van der Waals surface area (Å²) in [6.45, 7) is 4.51. The zero-order chi connectivity index (χ0) is 19.2. The predicted octanol–water partition coefficient (Wildman–Crippen LogP) is 3.35. The van der Waals surface area contributed by atoms with Gasteiger partial charge in [-0.2, -0.15) is 5.26 Å². The van der Waals surface area contributed by atoms with Gasteiger partial charge in [0.1, 0.15) is 0 Å². The molecule has 1 N–H and O–H groups in total. The lowest BCUT2D eigenvalue weighted by molar-refractivity contribution is -0.115. The molecule has 27 heavy (non-hydrogen) atoms. The van der Waals surface area contributed by atoms with Crippen LogP contribution in [0.15, 0.2) is 53.9 Å². The van der Waals surface area contributed by atoms with Crippen LogP contribution < -0.4 is 5.32 Å². The molecule has 1 atom stereocenters. The lowest BCUT2D eigenvalue weighted by Crippen LogP contribution is -2.23. The fraction of sp³-hybridized carbons (Fsp3) is 0.211. The fourth-order valence-electron chi connectivity index (χ4n) is 2.50. The van der Waals surface area contributed by atoms with Gasteiger partial charge in [-0.25, -0.2) is 0 Å². The molecule has 0 radical (unpaired) electrons. The molecular weight excluding hydrogens is 360 g/mol. The van der Waals surface area contributed by atoms with Crippen LogP contribution in [0.5, 0.6) is 0 Å². The molecule has 1 amide bonds. The number of anilines is 1. The summed E-state index contributed by atoms with van der Waals surface area (Å²) in [5, 5.41) is 20.6. The highest BCUT2D eigenvalue weighted by Crippen LogP contribution is 2.27. The molecule has 0 bridgehead atoms. The zero-order valence-corrected chi connectivity index (χ0v) is 15.8. The third-order valence-corrected chi connectivity index (χ3v) is 4.96. The largest absolute Gasteiger partial charge is 0.325 e. The summed E-state index contributed by atoms with van der Waals surface area (Å²) in [7, 11) is 0. The van der Waals surface area contributed by atoms with Crippen molar-refractivity contribution in [2.45, 2.75) is 30.8 Å². The van der Waals surface area contributed by atoms with E-state index in [-0.39, 0.29) is 11.2 Å². The highest BCUT2D eigenvalue weighted by molar-refractivity contribution is 8.00. The minimum Gasteiger partial charge on any atom is -0.325 e. The molecule has 0 unspecified atom stereocenters. The van der Waals surface area contributed by atoms with E-state index < -0.39 is 0 Å². The Hall–Kier alpha value is -3.18. The predicted molar refractivity (Wildman–Crippen MR) is 104 cm³/mol. The quantitative estimate of drug-likeness (QED) is 0.661. The molecule has 0 aliphatic carbocycles. The first kappa shape index (κ1) is 18.6. The third kappa shape index (κ3) is 4.33. The number of amides is 1. The summed E-state index contributed by atoms with van der Waals surface area (Å²) in [5.41, 5.74) is 2.03. The topological polar surface area (TPSA) is 96.5 Å². The Morgan fingerprint density at radius 1 is 1.30 bits per heavy atom. The molecule has 1 aromatic carbocycles. The zero-order valence-electron chi connectivity index (χ0n) is 15.0. The van der Waals surface area contributed by atoms with Gasteiger partial charge in [0.25, 0.3) is 0 Å². The molecule has 8 heteroatoms. The number of hydrogen-bond donors (Lipinski definition) is 1. The Labute approximate surface area is 161 Å². The van der Waals surface area contributed by atoms with Crippen molar-refractivity contribution in [2.24, 2.45) is 0 Å². The molecule has 0 fully saturated rings. The molecule has 2 aromatic heterocycles. The van der Waals surface area contributed by atoms with E-state index in [4.69, 9.17) is 5.26 Å². The maximum atomic E-state index is 12.5. The molecular formula is C19H18N6OS. The second kappa shape index (κ2) is 8.47. The van der Waals surface area contributed by atoms with Crippen molar-refractivity contribution in [3.63, 3.8) is 0 Å². The standard InChI is InChI=1S/C19H18N6OS/c1-3-25-17(15-7-9-21-10-8-15)23-24-19(25)27-13(2)18(26)22-16-6-4-5-14(11-16)12-20/h4-11,13H,3H2,1-2H3,(H,22,26)/t13-/m1/s1. The Balaban J connectivity index is 1.74. The highest BCUT2D eigenvalue weighted by atomic mass is 32.2. The Morgan fingerprint density at radius 2 is 2.07 bits per heavy atom. The molecule has 136 valence electrons. The van der Waals surface area contributed by atoms with Gasteiger partial charge in [0, 0.05) is 30.2 Å². The van der Waals surface area contributed by atoms with Crippen molar-refractivity contribution < 1.29 is 4.79 Å². The monoisotopic (exact) mass is 378 g/mol. The van der Waals surface area contributed by atoms with Gasteiger partial charge in [-0.1, -0.05) is 17.8 Å². The number of nitrogens with one attached hydrogen (secondary N) is 1. The van der Waals surface area contributed by atoms with Crippen molar-refractivity contribution in [3.05, 3.63) is 54.4 Å². The van der Waals surface area contributed by atoms with Gasteiger partial charge in [-0.15, -0.1) is 10.2 Å². The van der Waals surface area contributed by atoms with E-state index >= 15 is 0 Å². The maximum absolute atomic E-state index is 12.5. The lowest BCUT2D eigenvalue weighted by atomic mass is 10.2. The third-order valence-electron chi connectivity index (χ3n) is 3.88. The Kier molecular flexibility index (Phi) is 5.84. The van der Waals surface area contributed by atoms with E-state index in [1.54, 1.807) is 36.7 Å². The van der Waals surface area contributed by atoms with E-state index in [1.165, 1.54) is 11.8 Å². The van der Waals surface area contributed by atoms with Crippen molar-refractivity contribution in [1.29, 1.82) is 5.26 Å². The van der Waals surface area contributed by atoms with Crippen LogP contribution in [0.1, 0.15) is 19.4 Å². The minimum absolute atomic E-state index is 0.161. The molecule has 0 saturated heterocycles. The van der Waals surface area contributed by atoms with Gasteiger partial charge < -0.3 is 9.88 Å². The number of rotatable bonds is 6. The van der Waals surface area contributed by atoms with Crippen LogP contribution in [0.25, 0.3) is 11.4 Å². The summed E-state index contributed by atoms with van der Waals surface area (Å²) in [4.78, 5) is 16.5. The SMILES string of the molecule is CCn1c(S[C@H](C)C(=O)Nc2cccc(C#N)c2)nnc1-c1ccncc1. The minimum atomic E-state index is -0.379. The van der Waals surface area contributed by atoms with Crippen LogP contribution in [0.2, 0.25) is 0 Å². The molecule has 3 rings (SSSR count). The smallest absolute Gasteiger partial charge is 0.237 e. The van der Waals surface area contributed by atoms with Crippen LogP contribution >= 0.6 is 11.8 Å². The number of carbonyl (C=O) groups is 1. The van der Waals surface area contributed by atoms with Crippen LogP contribution in [-0.2, 0) is 11.3 Å². The average Bonchev–Trinajstić information content (AvgIpc) is 3.11. The average molecular weight is 378 g/mol. The van der Waals surface area contributed by atoms with Gasteiger partial charge in [-0.05, 0) is 44.2 Å². The molecule has 7 nitrogen and oxygen atoms in total. The molecule has 0 aliphatic heterocycles. The number of thioether (sulfide) groups is 1. The first-order chi connectivity index (χ1) is 13.1. The number of benzene rings is 1. The molecule has 3 aromatic rings. The number of aromatic nitrogens is 4. The number of hydrogen-bond acceptors (Lipinski definition) is 6. The molecule has 0 spiro atoms. The van der Waals surface area contributed by atoms with E-state index in [2.05, 4.69) is 26.6 Å². The summed E-state index contributed by atoms with van der Waals surface area (Å²) >= 11 is 1.34. The first-order valence-corrected chi connectivity index (χ1v) is 9.31. The Morgan fingerprint density at radius 3 is 2.78 bits per heavy atom. The van der Waals surface area contributed by atoms with E-state index in [1.807, 2.05) is 30.5 Å². The van der Waals surface area contributed by atoms with Gasteiger partial charge in [0.05, 0.1) is 16.9 Å². The van der Waals surface area contributed by atoms with E-state index in [0.29, 0.717) is 23.0 Å². The summed E-state index contributed by atoms with van der Waals surface area (Å²) in [6.07, 6.45) is 3.42. The van der Waals surface area contributed by atoms with Crippen molar-refractivity contribution in [3.8, 4) is 17.5 Å². The van der Waals surface area contributed by atoms with Crippen LogP contribution in [0.3, 0.4) is 0 Å². The Bertz CT molecular complexity index is 979. The van der Waals surface area contributed by atoms with Crippen molar-refractivity contribution >= 4 is 23.4 Å². The second-order valence-electron chi connectivity index (χ2n) is 5.73. The summed E-state index contributed by atoms with van der Waals surface area (Å²) in [6, 6.07) is 12.6. The highest BCUT2D eigenvalue weighted by Gasteiger charge is 2.20. The lowest BCUT2D eigenvalue weighted by Gasteiger charge is -2.13. The van der Waals surface area contributed by atoms with Crippen LogP contribution in [0.4, 0.5) is 5.69 Å². The molecule has 0 aliphatic rings. The van der Waals surface area contributed by atoms with E-state index in [0.717, 1.165) is 11.4 Å². The van der Waals surface area contributed by atoms with Crippen molar-refractivity contribution in [2.75, 3.05) is 5.32 Å². The van der Waals surface area contributed by atoms with Gasteiger partial charge >= 0.3 is 0 Å². The molecule has 2 heterocycles. The van der Waals surface area contributed by atoms with Crippen LogP contribution in [-0.4, -0.2) is 30.9 Å². The van der Waals surface area contributed by atoms with Gasteiger partial charge in [0.2, 0.25) is 5.91 Å². The molecule has 0 saturated carbocycles. The first-order valence-electron chi connectivity index (χ1n) is 8.43. The fourth-order valence-corrected chi connectivity index (χ4v) is 3.41. The number of nitriles is 1. The second-order valence-corrected chi connectivity index (χ2v) is 7.04. The van der Waals surface area contributed by atoms with Gasteiger partial charge in [0.15, 0.2) is 11.0 Å². The maximum Gasteiger partial charge on any atom is 0.237 e. The normalized spacial score (nSPS) is 11.6. The van der Waals surface area contributed by atoms with Crippen molar-refractivity contribution in [1.82, 2.24) is 19.7 Å². The summed E-state index contributed by atoms with van der Waals surface area (Å²) < 4.78 is 1.97. The van der Waals surface area contributed by atoms with E-state index in [9.17, 15) is 4.79 Å². The number of carbonyl (C=O) groups excluding carboxylic acids is 1. The van der Waals surface area contributed by atoms with Crippen LogP contribution in [0, 0.1) is 11.3 Å². The number of nitrogens with zero attached hydrogens (tertiary/aromatic N) is 5. The summed E-state index contributed by atoms with van der Waals surface area (Å²) in [5.74, 6) is 0.586.